The Balaban J connectivity index is 2.09. The number of hydrogen-bond acceptors (Lipinski definition) is 5. The lowest BCUT2D eigenvalue weighted by atomic mass is 10.0. The second-order valence-corrected chi connectivity index (χ2v) is 4.87. The fourth-order valence-corrected chi connectivity index (χ4v) is 2.36. The van der Waals surface area contributed by atoms with Gasteiger partial charge in [0, 0.05) is 18.7 Å². The number of anilines is 1. The van der Waals surface area contributed by atoms with Gasteiger partial charge in [-0.05, 0) is 32.0 Å². The van der Waals surface area contributed by atoms with Gasteiger partial charge in [-0.1, -0.05) is 0 Å². The molecule has 0 radical (unpaired) electrons. The summed E-state index contributed by atoms with van der Waals surface area (Å²) >= 11 is 0. The molecule has 0 amide bonds. The number of ketones is 1. The molecule has 2 N–H and O–H groups in total. The average Bonchev–Trinajstić information content (AvgIpc) is 2.49. The van der Waals surface area contributed by atoms with E-state index in [2.05, 4.69) is 4.90 Å². The minimum atomic E-state index is -0.156. The summed E-state index contributed by atoms with van der Waals surface area (Å²) in [6.45, 7) is 7.34. The topological polar surface area (TPSA) is 64.8 Å². The zero-order chi connectivity index (χ0) is 14.5. The van der Waals surface area contributed by atoms with Gasteiger partial charge in [0.2, 0.25) is 0 Å². The van der Waals surface area contributed by atoms with Gasteiger partial charge in [-0.2, -0.15) is 0 Å². The molecule has 1 aromatic carbocycles. The quantitative estimate of drug-likeness (QED) is 0.654. The van der Waals surface area contributed by atoms with Gasteiger partial charge >= 0.3 is 0 Å². The Morgan fingerprint density at radius 2 is 2.15 bits per heavy atom. The van der Waals surface area contributed by atoms with Gasteiger partial charge in [0.15, 0.2) is 5.78 Å². The monoisotopic (exact) mass is 278 g/mol. The van der Waals surface area contributed by atoms with Crippen LogP contribution in [-0.4, -0.2) is 49.6 Å². The Labute approximate surface area is 119 Å². The van der Waals surface area contributed by atoms with Crippen LogP contribution in [0.15, 0.2) is 18.2 Å². The standard InChI is InChI=1S/C15H22N2O3/c1-3-20-14-5-4-12(10-13(14)16)15(18)11(2)17-6-8-19-9-7-17/h4-5,10-11H,3,6-9,16H2,1-2H3. The molecule has 20 heavy (non-hydrogen) atoms. The number of carbonyl (C=O) groups excluding carboxylic acids is 1. The molecule has 1 aromatic rings. The second kappa shape index (κ2) is 6.72. The third-order valence-electron chi connectivity index (χ3n) is 3.57. The maximum Gasteiger partial charge on any atom is 0.179 e. The lowest BCUT2D eigenvalue weighted by molar-refractivity contribution is 0.0208. The summed E-state index contributed by atoms with van der Waals surface area (Å²) in [6.07, 6.45) is 0. The summed E-state index contributed by atoms with van der Waals surface area (Å²) in [6, 6.07) is 5.08. The Morgan fingerprint density at radius 1 is 1.45 bits per heavy atom. The Morgan fingerprint density at radius 3 is 2.75 bits per heavy atom. The summed E-state index contributed by atoms with van der Waals surface area (Å²) in [4.78, 5) is 14.6. The van der Waals surface area contributed by atoms with Gasteiger partial charge in [-0.15, -0.1) is 0 Å². The molecule has 1 unspecified atom stereocenters. The van der Waals surface area contributed by atoms with Crippen LogP contribution in [0.5, 0.6) is 5.75 Å². The van der Waals surface area contributed by atoms with Crippen LogP contribution >= 0.6 is 0 Å². The predicted molar refractivity (Wildman–Crippen MR) is 78.2 cm³/mol. The Hall–Kier alpha value is -1.59. The van der Waals surface area contributed by atoms with E-state index in [0.29, 0.717) is 36.8 Å². The number of morpholine rings is 1. The molecule has 5 heteroatoms. The molecule has 0 spiro atoms. The zero-order valence-corrected chi connectivity index (χ0v) is 12.1. The maximum absolute atomic E-state index is 12.5. The van der Waals surface area contributed by atoms with Crippen LogP contribution in [0, 0.1) is 0 Å². The number of nitrogens with two attached hydrogens (primary N) is 1. The number of rotatable bonds is 5. The first-order valence-electron chi connectivity index (χ1n) is 7.01. The third-order valence-corrected chi connectivity index (χ3v) is 3.57. The highest BCUT2D eigenvalue weighted by atomic mass is 16.5. The van der Waals surface area contributed by atoms with Crippen molar-refractivity contribution in [2.24, 2.45) is 0 Å². The molecular weight excluding hydrogens is 256 g/mol. The molecule has 0 bridgehead atoms. The van der Waals surface area contributed by atoms with Crippen LogP contribution in [-0.2, 0) is 4.74 Å². The SMILES string of the molecule is CCOc1ccc(C(=O)C(C)N2CCOCC2)cc1N. The van der Waals surface area contributed by atoms with Crippen molar-refractivity contribution >= 4 is 11.5 Å². The second-order valence-electron chi connectivity index (χ2n) is 4.87. The number of ether oxygens (including phenoxy) is 2. The number of benzene rings is 1. The molecular formula is C15H22N2O3. The van der Waals surface area contributed by atoms with Crippen molar-refractivity contribution in [3.05, 3.63) is 23.8 Å². The van der Waals surface area contributed by atoms with Crippen LogP contribution in [0.1, 0.15) is 24.2 Å². The Bertz CT molecular complexity index is 470. The normalized spacial score (nSPS) is 17.7. The molecule has 1 aliphatic rings. The van der Waals surface area contributed by atoms with E-state index in [1.807, 2.05) is 13.8 Å². The van der Waals surface area contributed by atoms with Gasteiger partial charge in [0.05, 0.1) is 31.5 Å². The molecule has 110 valence electrons. The van der Waals surface area contributed by atoms with E-state index in [1.54, 1.807) is 18.2 Å². The van der Waals surface area contributed by atoms with Crippen molar-refractivity contribution < 1.29 is 14.3 Å². The molecule has 5 nitrogen and oxygen atoms in total. The van der Waals surface area contributed by atoms with Gasteiger partial charge in [-0.25, -0.2) is 0 Å². The van der Waals surface area contributed by atoms with Crippen molar-refractivity contribution in [3.63, 3.8) is 0 Å². The molecule has 1 saturated heterocycles. The highest BCUT2D eigenvalue weighted by molar-refractivity contribution is 6.00. The minimum absolute atomic E-state index is 0.0849. The maximum atomic E-state index is 12.5. The highest BCUT2D eigenvalue weighted by Crippen LogP contribution is 2.23. The zero-order valence-electron chi connectivity index (χ0n) is 12.1. The largest absolute Gasteiger partial charge is 0.492 e. The summed E-state index contributed by atoms with van der Waals surface area (Å²) in [7, 11) is 0. The van der Waals surface area contributed by atoms with E-state index in [1.165, 1.54) is 0 Å². The predicted octanol–water partition coefficient (Wildman–Crippen LogP) is 1.57. The smallest absolute Gasteiger partial charge is 0.179 e. The molecule has 0 saturated carbocycles. The molecule has 1 heterocycles. The minimum Gasteiger partial charge on any atom is -0.492 e. The average molecular weight is 278 g/mol. The van der Waals surface area contributed by atoms with E-state index >= 15 is 0 Å². The van der Waals surface area contributed by atoms with E-state index in [0.717, 1.165) is 13.1 Å². The van der Waals surface area contributed by atoms with E-state index in [9.17, 15) is 4.79 Å². The van der Waals surface area contributed by atoms with E-state index in [-0.39, 0.29) is 11.8 Å². The molecule has 2 rings (SSSR count). The first kappa shape index (κ1) is 14.8. The molecule has 0 aliphatic carbocycles. The van der Waals surface area contributed by atoms with Crippen molar-refractivity contribution in [1.82, 2.24) is 4.90 Å². The van der Waals surface area contributed by atoms with Gasteiger partial charge < -0.3 is 15.2 Å². The molecule has 0 aromatic heterocycles. The van der Waals surface area contributed by atoms with Crippen molar-refractivity contribution in [2.45, 2.75) is 19.9 Å². The number of nitrogen functional groups attached to an aromatic ring is 1. The summed E-state index contributed by atoms with van der Waals surface area (Å²) in [5.74, 6) is 0.713. The van der Waals surface area contributed by atoms with Crippen LogP contribution in [0.3, 0.4) is 0 Å². The van der Waals surface area contributed by atoms with E-state index in [4.69, 9.17) is 15.2 Å². The summed E-state index contributed by atoms with van der Waals surface area (Å²) < 4.78 is 10.7. The number of Topliss-reactive ketones (excluding diaryl/α,β-unsaturated/α-hetero) is 1. The van der Waals surface area contributed by atoms with Crippen molar-refractivity contribution in [1.29, 1.82) is 0 Å². The lowest BCUT2D eigenvalue weighted by Crippen LogP contribution is -2.45. The fourth-order valence-electron chi connectivity index (χ4n) is 2.36. The van der Waals surface area contributed by atoms with E-state index < -0.39 is 0 Å². The number of nitrogens with zero attached hydrogens (tertiary/aromatic N) is 1. The summed E-state index contributed by atoms with van der Waals surface area (Å²) in [5, 5.41) is 0. The van der Waals surface area contributed by atoms with Gasteiger partial charge in [0.1, 0.15) is 5.75 Å². The third kappa shape index (κ3) is 3.29. The van der Waals surface area contributed by atoms with Crippen molar-refractivity contribution in [3.8, 4) is 5.75 Å². The van der Waals surface area contributed by atoms with Gasteiger partial charge in [0.25, 0.3) is 0 Å². The first-order chi connectivity index (χ1) is 9.63. The van der Waals surface area contributed by atoms with Crippen LogP contribution < -0.4 is 10.5 Å². The summed E-state index contributed by atoms with van der Waals surface area (Å²) in [5.41, 5.74) is 7.05. The lowest BCUT2D eigenvalue weighted by Gasteiger charge is -2.31. The Kier molecular flexibility index (Phi) is 4.98. The fraction of sp³-hybridized carbons (Fsp3) is 0.533. The van der Waals surface area contributed by atoms with Gasteiger partial charge in [-0.3, -0.25) is 9.69 Å². The molecule has 1 atom stereocenters. The van der Waals surface area contributed by atoms with Crippen molar-refractivity contribution in [2.75, 3.05) is 38.6 Å². The number of carbonyl (C=O) groups is 1. The van der Waals surface area contributed by atoms with Crippen LogP contribution in [0.25, 0.3) is 0 Å². The molecule has 1 fully saturated rings. The first-order valence-corrected chi connectivity index (χ1v) is 7.01. The van der Waals surface area contributed by atoms with Crippen LogP contribution in [0.2, 0.25) is 0 Å². The number of hydrogen-bond donors (Lipinski definition) is 1. The van der Waals surface area contributed by atoms with Crippen LogP contribution in [0.4, 0.5) is 5.69 Å². The molecule has 1 aliphatic heterocycles. The highest BCUT2D eigenvalue weighted by Gasteiger charge is 2.24.